The van der Waals surface area contributed by atoms with Crippen LogP contribution in [-0.4, -0.2) is 35.7 Å². The van der Waals surface area contributed by atoms with Gasteiger partial charge >= 0.3 is 0 Å². The van der Waals surface area contributed by atoms with E-state index in [0.717, 1.165) is 24.2 Å². The van der Waals surface area contributed by atoms with E-state index < -0.39 is 11.7 Å². The first-order valence-corrected chi connectivity index (χ1v) is 8.48. The normalized spacial score (nSPS) is 24.9. The number of aliphatic hydroxyl groups is 1. The lowest BCUT2D eigenvalue weighted by Gasteiger charge is -2.45. The maximum atomic E-state index is 13.3. The van der Waals surface area contributed by atoms with Crippen LogP contribution in [0.2, 0.25) is 0 Å². The number of hydrogen-bond donors (Lipinski definition) is 1. The number of aliphatic hydroxyl groups excluding tert-OH is 1. The topological polar surface area (TPSA) is 32.7 Å². The average Bonchev–Trinajstić information content (AvgIpc) is 2.62. The molecule has 128 valence electrons. The molecule has 0 aliphatic carbocycles. The Balaban J connectivity index is 1.87. The lowest BCUT2D eigenvalue weighted by atomic mass is 9.81. The summed E-state index contributed by atoms with van der Waals surface area (Å²) in [5, 5.41) is 10.9. The van der Waals surface area contributed by atoms with Gasteiger partial charge in [0.25, 0.3) is 0 Å². The number of halogens is 1. The van der Waals surface area contributed by atoms with Gasteiger partial charge in [-0.05, 0) is 36.2 Å². The molecule has 2 unspecified atom stereocenters. The van der Waals surface area contributed by atoms with E-state index in [4.69, 9.17) is 4.74 Å². The molecule has 1 N–H and O–H groups in total. The molecule has 2 atom stereocenters. The number of likely N-dealkylation sites (N-methyl/N-ethyl adjacent to an activating group) is 1. The minimum Gasteiger partial charge on any atom is -0.388 e. The zero-order chi connectivity index (χ0) is 17.0. The molecular formula is C20H24FNO2. The van der Waals surface area contributed by atoms with Crippen molar-refractivity contribution in [1.82, 2.24) is 4.90 Å². The SMILES string of the molecule is CCN1CCC(OCc2ccccc2)(c2ccc(F)cc2)C(O)C1. The molecule has 0 radical (unpaired) electrons. The van der Waals surface area contributed by atoms with Crippen molar-refractivity contribution in [3.8, 4) is 0 Å². The number of rotatable bonds is 5. The van der Waals surface area contributed by atoms with Crippen LogP contribution in [-0.2, 0) is 16.9 Å². The van der Waals surface area contributed by atoms with Crippen molar-refractivity contribution in [2.45, 2.75) is 31.7 Å². The zero-order valence-corrected chi connectivity index (χ0v) is 14.0. The predicted octanol–water partition coefficient (Wildman–Crippen LogP) is 3.32. The summed E-state index contributed by atoms with van der Waals surface area (Å²) < 4.78 is 19.6. The first-order valence-electron chi connectivity index (χ1n) is 8.48. The number of nitrogens with zero attached hydrogens (tertiary/aromatic N) is 1. The van der Waals surface area contributed by atoms with Gasteiger partial charge in [0, 0.05) is 13.1 Å². The van der Waals surface area contributed by atoms with Crippen molar-refractivity contribution >= 4 is 0 Å². The molecular weight excluding hydrogens is 305 g/mol. The Hall–Kier alpha value is -1.75. The summed E-state index contributed by atoms with van der Waals surface area (Å²) in [6, 6.07) is 16.2. The Morgan fingerprint density at radius 2 is 1.88 bits per heavy atom. The van der Waals surface area contributed by atoms with Crippen LogP contribution in [0.15, 0.2) is 54.6 Å². The summed E-state index contributed by atoms with van der Waals surface area (Å²) >= 11 is 0. The van der Waals surface area contributed by atoms with Crippen molar-refractivity contribution < 1.29 is 14.2 Å². The second kappa shape index (κ2) is 7.43. The minimum atomic E-state index is -0.796. The van der Waals surface area contributed by atoms with Crippen LogP contribution in [0, 0.1) is 5.82 Å². The number of β-amino-alcohol motifs (C(OH)–C–C–N with tert-alkyl or cyclic N) is 1. The molecule has 4 heteroatoms. The van der Waals surface area contributed by atoms with Gasteiger partial charge in [-0.25, -0.2) is 4.39 Å². The Labute approximate surface area is 142 Å². The summed E-state index contributed by atoms with van der Waals surface area (Å²) in [6.07, 6.45) is 0.0286. The quantitative estimate of drug-likeness (QED) is 0.913. The third-order valence-corrected chi connectivity index (χ3v) is 4.89. The fourth-order valence-electron chi connectivity index (χ4n) is 3.37. The number of benzene rings is 2. The third-order valence-electron chi connectivity index (χ3n) is 4.89. The van der Waals surface area contributed by atoms with E-state index in [1.165, 1.54) is 12.1 Å². The molecule has 1 saturated heterocycles. The van der Waals surface area contributed by atoms with Crippen LogP contribution in [0.4, 0.5) is 4.39 Å². The molecule has 0 spiro atoms. The molecule has 0 aromatic heterocycles. The second-order valence-electron chi connectivity index (χ2n) is 6.33. The summed E-state index contributed by atoms with van der Waals surface area (Å²) in [5.74, 6) is -0.280. The van der Waals surface area contributed by atoms with Crippen molar-refractivity contribution in [3.05, 3.63) is 71.5 Å². The number of hydrogen-bond acceptors (Lipinski definition) is 3. The van der Waals surface area contributed by atoms with E-state index >= 15 is 0 Å². The molecule has 2 aromatic carbocycles. The minimum absolute atomic E-state index is 0.280. The molecule has 0 saturated carbocycles. The summed E-state index contributed by atoms with van der Waals surface area (Å²) in [7, 11) is 0. The average molecular weight is 329 g/mol. The van der Waals surface area contributed by atoms with Gasteiger partial charge in [-0.2, -0.15) is 0 Å². The highest BCUT2D eigenvalue weighted by atomic mass is 19.1. The molecule has 2 aromatic rings. The zero-order valence-electron chi connectivity index (χ0n) is 14.0. The molecule has 1 heterocycles. The van der Waals surface area contributed by atoms with Gasteiger partial charge in [0.1, 0.15) is 11.4 Å². The fraction of sp³-hybridized carbons (Fsp3) is 0.400. The summed E-state index contributed by atoms with van der Waals surface area (Å²) in [6.45, 7) is 4.81. The lowest BCUT2D eigenvalue weighted by Crippen LogP contribution is -2.54. The molecule has 3 nitrogen and oxygen atoms in total. The largest absolute Gasteiger partial charge is 0.388 e. The third kappa shape index (κ3) is 3.51. The highest BCUT2D eigenvalue weighted by Gasteiger charge is 2.44. The standard InChI is InChI=1S/C20H24FNO2/c1-2-22-13-12-20(19(23)14-22,17-8-10-18(21)11-9-17)24-15-16-6-4-3-5-7-16/h3-11,19,23H,2,12-15H2,1H3. The highest BCUT2D eigenvalue weighted by Crippen LogP contribution is 2.38. The van der Waals surface area contributed by atoms with Crippen LogP contribution in [0.1, 0.15) is 24.5 Å². The molecule has 3 rings (SSSR count). The second-order valence-corrected chi connectivity index (χ2v) is 6.33. The lowest BCUT2D eigenvalue weighted by molar-refractivity contribution is -0.170. The van der Waals surface area contributed by atoms with E-state index in [1.54, 1.807) is 12.1 Å². The van der Waals surface area contributed by atoms with Crippen LogP contribution < -0.4 is 0 Å². The maximum Gasteiger partial charge on any atom is 0.123 e. The van der Waals surface area contributed by atoms with Gasteiger partial charge in [-0.1, -0.05) is 49.4 Å². The Morgan fingerprint density at radius 1 is 1.17 bits per heavy atom. The fourth-order valence-corrected chi connectivity index (χ4v) is 3.37. The van der Waals surface area contributed by atoms with E-state index in [2.05, 4.69) is 11.8 Å². The Kier molecular flexibility index (Phi) is 5.29. The van der Waals surface area contributed by atoms with Crippen molar-refractivity contribution in [2.24, 2.45) is 0 Å². The van der Waals surface area contributed by atoms with Crippen LogP contribution >= 0.6 is 0 Å². The Bertz CT molecular complexity index is 646. The predicted molar refractivity (Wildman–Crippen MR) is 92.0 cm³/mol. The molecule has 1 aliphatic heterocycles. The van der Waals surface area contributed by atoms with Crippen LogP contribution in [0.25, 0.3) is 0 Å². The van der Waals surface area contributed by atoms with Crippen molar-refractivity contribution in [2.75, 3.05) is 19.6 Å². The monoisotopic (exact) mass is 329 g/mol. The Morgan fingerprint density at radius 3 is 2.50 bits per heavy atom. The van der Waals surface area contributed by atoms with Gasteiger partial charge < -0.3 is 14.7 Å². The van der Waals surface area contributed by atoms with Crippen molar-refractivity contribution in [1.29, 1.82) is 0 Å². The van der Waals surface area contributed by atoms with E-state index in [1.807, 2.05) is 30.3 Å². The molecule has 1 aliphatic rings. The molecule has 1 fully saturated rings. The van der Waals surface area contributed by atoms with E-state index in [-0.39, 0.29) is 5.82 Å². The van der Waals surface area contributed by atoms with Gasteiger partial charge in [0.15, 0.2) is 0 Å². The highest BCUT2D eigenvalue weighted by molar-refractivity contribution is 5.26. The van der Waals surface area contributed by atoms with Crippen LogP contribution in [0.3, 0.4) is 0 Å². The molecule has 0 amide bonds. The van der Waals surface area contributed by atoms with Crippen LogP contribution in [0.5, 0.6) is 0 Å². The number of ether oxygens (including phenoxy) is 1. The van der Waals surface area contributed by atoms with Crippen molar-refractivity contribution in [3.63, 3.8) is 0 Å². The molecule has 0 bridgehead atoms. The van der Waals surface area contributed by atoms with Gasteiger partial charge in [-0.3, -0.25) is 0 Å². The molecule has 24 heavy (non-hydrogen) atoms. The number of piperidine rings is 1. The first-order chi connectivity index (χ1) is 11.6. The van der Waals surface area contributed by atoms with Gasteiger partial charge in [0.05, 0.1) is 12.7 Å². The summed E-state index contributed by atoms with van der Waals surface area (Å²) in [4.78, 5) is 2.21. The smallest absolute Gasteiger partial charge is 0.123 e. The number of likely N-dealkylation sites (tertiary alicyclic amines) is 1. The maximum absolute atomic E-state index is 13.3. The summed E-state index contributed by atoms with van der Waals surface area (Å²) in [5.41, 5.74) is 1.10. The van der Waals surface area contributed by atoms with E-state index in [0.29, 0.717) is 19.6 Å². The van der Waals surface area contributed by atoms with Gasteiger partial charge in [0.2, 0.25) is 0 Å². The van der Waals surface area contributed by atoms with Gasteiger partial charge in [-0.15, -0.1) is 0 Å². The van der Waals surface area contributed by atoms with E-state index in [9.17, 15) is 9.50 Å². The first kappa shape index (κ1) is 17.1.